The maximum Gasteiger partial charge on any atom is 0.255 e. The zero-order valence-corrected chi connectivity index (χ0v) is 21.7. The van der Waals surface area contributed by atoms with E-state index in [1.54, 1.807) is 50.2 Å². The number of sulfonamides is 1. The number of amides is 1. The smallest absolute Gasteiger partial charge is 0.255 e. The molecule has 0 saturated heterocycles. The monoisotopic (exact) mass is 535 g/mol. The second-order valence-corrected chi connectivity index (χ2v) is 10.8. The van der Waals surface area contributed by atoms with Crippen LogP contribution in [0.3, 0.4) is 0 Å². The van der Waals surface area contributed by atoms with Crippen molar-refractivity contribution in [1.29, 1.82) is 0 Å². The molecule has 0 aromatic heterocycles. The van der Waals surface area contributed by atoms with Crippen LogP contribution in [0.5, 0.6) is 0 Å². The Morgan fingerprint density at radius 2 is 1.71 bits per heavy atom. The number of nitrogens with one attached hydrogen (secondary N) is 1. The van der Waals surface area contributed by atoms with E-state index in [9.17, 15) is 17.6 Å². The van der Waals surface area contributed by atoms with Crippen molar-refractivity contribution in [3.63, 3.8) is 0 Å². The van der Waals surface area contributed by atoms with Crippen molar-refractivity contribution >= 4 is 45.3 Å². The second kappa shape index (κ2) is 11.3. The molecule has 3 rings (SSSR count). The zero-order valence-electron chi connectivity index (χ0n) is 19.3. The van der Waals surface area contributed by atoms with Crippen LogP contribution in [0.4, 0.5) is 4.39 Å². The summed E-state index contributed by atoms with van der Waals surface area (Å²) in [6.07, 6.45) is 1.27. The Hall–Kier alpha value is -2.78. The van der Waals surface area contributed by atoms with Gasteiger partial charge in [0, 0.05) is 6.54 Å². The van der Waals surface area contributed by atoms with Crippen LogP contribution in [-0.2, 0) is 21.4 Å². The lowest BCUT2D eigenvalue weighted by atomic mass is 10.1. The Morgan fingerprint density at radius 3 is 2.34 bits per heavy atom. The zero-order chi connectivity index (χ0) is 25.8. The topological polar surface area (TPSA) is 78.8 Å². The molecule has 184 valence electrons. The summed E-state index contributed by atoms with van der Waals surface area (Å²) in [5.74, 6) is -1.10. The Labute approximate surface area is 214 Å². The number of halogens is 3. The van der Waals surface area contributed by atoms with E-state index in [-0.39, 0.29) is 16.5 Å². The number of rotatable bonds is 8. The van der Waals surface area contributed by atoms with Gasteiger partial charge in [0.15, 0.2) is 0 Å². The maximum absolute atomic E-state index is 13.7. The number of nitrogens with zero attached hydrogens (tertiary/aromatic N) is 2. The summed E-state index contributed by atoms with van der Waals surface area (Å²) in [6, 6.07) is 14.0. The SMILES string of the molecule is Cc1cc(C)c(S(=O)(=O)N(CC(=O)N/N=C/c2cccc(F)c2)Cc2ccc(Cl)c(Cl)c2)c(C)c1. The minimum atomic E-state index is -4.08. The third-order valence-electron chi connectivity index (χ3n) is 5.12. The van der Waals surface area contributed by atoms with Gasteiger partial charge in [-0.05, 0) is 67.3 Å². The number of benzene rings is 3. The minimum Gasteiger partial charge on any atom is -0.272 e. The Bertz CT molecular complexity index is 1370. The third-order valence-corrected chi connectivity index (χ3v) is 7.95. The van der Waals surface area contributed by atoms with Gasteiger partial charge in [0.1, 0.15) is 5.82 Å². The largest absolute Gasteiger partial charge is 0.272 e. The molecule has 1 amide bonds. The summed E-state index contributed by atoms with van der Waals surface area (Å²) >= 11 is 12.1. The normalized spacial score (nSPS) is 11.9. The molecule has 6 nitrogen and oxygen atoms in total. The van der Waals surface area contributed by atoms with Crippen LogP contribution in [-0.4, -0.2) is 31.4 Å². The first-order chi connectivity index (χ1) is 16.5. The molecule has 0 heterocycles. The van der Waals surface area contributed by atoms with E-state index in [1.807, 2.05) is 6.92 Å². The molecule has 0 spiro atoms. The lowest BCUT2D eigenvalue weighted by Crippen LogP contribution is -2.39. The molecule has 3 aromatic rings. The number of carbonyl (C=O) groups is 1. The fraction of sp³-hybridized carbons (Fsp3) is 0.200. The van der Waals surface area contributed by atoms with E-state index in [1.165, 1.54) is 24.4 Å². The van der Waals surface area contributed by atoms with Gasteiger partial charge in [-0.2, -0.15) is 9.41 Å². The van der Waals surface area contributed by atoms with Crippen LogP contribution in [0.15, 0.2) is 64.6 Å². The quantitative estimate of drug-likeness (QED) is 0.310. The molecule has 3 aromatic carbocycles. The van der Waals surface area contributed by atoms with Crippen LogP contribution in [0.2, 0.25) is 10.0 Å². The molecular formula is C25H24Cl2FN3O3S. The highest BCUT2D eigenvalue weighted by Crippen LogP contribution is 2.28. The second-order valence-electron chi connectivity index (χ2n) is 8.10. The molecule has 0 aliphatic rings. The van der Waals surface area contributed by atoms with Crippen molar-refractivity contribution < 1.29 is 17.6 Å². The van der Waals surface area contributed by atoms with Crippen LogP contribution in [0, 0.1) is 26.6 Å². The van der Waals surface area contributed by atoms with Crippen LogP contribution >= 0.6 is 23.2 Å². The molecule has 0 unspecified atom stereocenters. The van der Waals surface area contributed by atoms with Crippen LogP contribution in [0.25, 0.3) is 0 Å². The molecular weight excluding hydrogens is 512 g/mol. The van der Waals surface area contributed by atoms with Gasteiger partial charge in [0.2, 0.25) is 10.0 Å². The Kier molecular flexibility index (Phi) is 8.66. The van der Waals surface area contributed by atoms with E-state index in [4.69, 9.17) is 23.2 Å². The average molecular weight is 536 g/mol. The van der Waals surface area contributed by atoms with E-state index in [0.29, 0.717) is 27.3 Å². The molecule has 0 aliphatic carbocycles. The molecule has 0 radical (unpaired) electrons. The third kappa shape index (κ3) is 6.89. The van der Waals surface area contributed by atoms with Crippen LogP contribution in [0.1, 0.15) is 27.8 Å². The Balaban J connectivity index is 1.90. The van der Waals surface area contributed by atoms with Gasteiger partial charge in [0.25, 0.3) is 5.91 Å². The lowest BCUT2D eigenvalue weighted by molar-refractivity contribution is -0.121. The maximum atomic E-state index is 13.7. The minimum absolute atomic E-state index is 0.118. The van der Waals surface area contributed by atoms with E-state index in [0.717, 1.165) is 9.87 Å². The molecule has 0 aliphatic heterocycles. The van der Waals surface area contributed by atoms with Crippen molar-refractivity contribution in [2.75, 3.05) is 6.54 Å². The lowest BCUT2D eigenvalue weighted by Gasteiger charge is -2.24. The highest BCUT2D eigenvalue weighted by molar-refractivity contribution is 7.89. The summed E-state index contributed by atoms with van der Waals surface area (Å²) in [7, 11) is -4.08. The predicted octanol–water partition coefficient (Wildman–Crippen LogP) is 5.40. The summed E-state index contributed by atoms with van der Waals surface area (Å²) < 4.78 is 41.8. The van der Waals surface area contributed by atoms with Gasteiger partial charge in [-0.1, -0.05) is 59.1 Å². The highest BCUT2D eigenvalue weighted by atomic mass is 35.5. The number of aryl methyl sites for hydroxylation is 3. The van der Waals surface area contributed by atoms with Gasteiger partial charge in [-0.15, -0.1) is 0 Å². The predicted molar refractivity (Wildman–Crippen MR) is 137 cm³/mol. The number of hydrogen-bond acceptors (Lipinski definition) is 4. The van der Waals surface area contributed by atoms with Gasteiger partial charge >= 0.3 is 0 Å². The number of hydrogen-bond donors (Lipinski definition) is 1. The first kappa shape index (κ1) is 26.8. The fourth-order valence-corrected chi connectivity index (χ4v) is 5.85. The summed E-state index contributed by atoms with van der Waals surface area (Å²) in [4.78, 5) is 12.8. The first-order valence-corrected chi connectivity index (χ1v) is 12.8. The molecule has 0 fully saturated rings. The number of hydrazone groups is 1. The van der Waals surface area contributed by atoms with Crippen molar-refractivity contribution in [2.45, 2.75) is 32.2 Å². The first-order valence-electron chi connectivity index (χ1n) is 10.6. The van der Waals surface area contributed by atoms with Gasteiger partial charge in [-0.25, -0.2) is 18.2 Å². The molecule has 0 atom stereocenters. The summed E-state index contributed by atoms with van der Waals surface area (Å²) in [5.41, 5.74) is 5.38. The molecule has 10 heteroatoms. The van der Waals surface area contributed by atoms with Gasteiger partial charge < -0.3 is 0 Å². The highest BCUT2D eigenvalue weighted by Gasteiger charge is 2.30. The standard InChI is InChI=1S/C25H24Cl2FN3O3S/c1-16-9-17(2)25(18(3)10-16)35(33,34)31(14-20-7-8-22(26)23(27)12-20)15-24(32)30-29-13-19-5-4-6-21(28)11-19/h4-13H,14-15H2,1-3H3,(H,30,32)/b29-13+. The van der Waals surface area contributed by atoms with E-state index < -0.39 is 28.3 Å². The van der Waals surface area contributed by atoms with Crippen molar-refractivity contribution in [2.24, 2.45) is 5.10 Å². The summed E-state index contributed by atoms with van der Waals surface area (Å²) in [6.45, 7) is 4.69. The van der Waals surface area contributed by atoms with Gasteiger partial charge in [-0.3, -0.25) is 4.79 Å². The van der Waals surface area contributed by atoms with Crippen molar-refractivity contribution in [1.82, 2.24) is 9.73 Å². The van der Waals surface area contributed by atoms with E-state index >= 15 is 0 Å². The molecule has 0 saturated carbocycles. The molecule has 0 bridgehead atoms. The van der Waals surface area contributed by atoms with Gasteiger partial charge in [0.05, 0.1) is 27.7 Å². The average Bonchev–Trinajstić information content (AvgIpc) is 2.75. The number of carbonyl (C=O) groups excluding carboxylic acids is 1. The Morgan fingerprint density at radius 1 is 1.03 bits per heavy atom. The molecule has 35 heavy (non-hydrogen) atoms. The van der Waals surface area contributed by atoms with Crippen molar-refractivity contribution in [3.8, 4) is 0 Å². The van der Waals surface area contributed by atoms with E-state index in [2.05, 4.69) is 10.5 Å². The summed E-state index contributed by atoms with van der Waals surface area (Å²) in [5, 5.41) is 4.42. The molecule has 1 N–H and O–H groups in total. The van der Waals surface area contributed by atoms with Crippen LogP contribution < -0.4 is 5.43 Å². The van der Waals surface area contributed by atoms with Crippen molar-refractivity contribution in [3.05, 3.63) is 98.3 Å². The fourth-order valence-electron chi connectivity index (χ4n) is 3.73.